The van der Waals surface area contributed by atoms with Crippen molar-refractivity contribution < 1.29 is 9.53 Å². The molecule has 1 aliphatic rings. The molecule has 6 nitrogen and oxygen atoms in total. The summed E-state index contributed by atoms with van der Waals surface area (Å²) < 4.78 is 6.22. The first-order valence-electron chi connectivity index (χ1n) is 8.49. The molecule has 1 saturated heterocycles. The SMILES string of the molecule is CC(C)(C)OC(=O)N1CCC[C@@H](Nc2nnc(Br)c3ccccc23)C1. The lowest BCUT2D eigenvalue weighted by Gasteiger charge is -2.34. The second-order valence-corrected chi connectivity index (χ2v) is 8.05. The molecular weight excluding hydrogens is 384 g/mol. The van der Waals surface area contributed by atoms with Gasteiger partial charge in [-0.2, -0.15) is 0 Å². The highest BCUT2D eigenvalue weighted by molar-refractivity contribution is 9.10. The molecule has 0 aliphatic carbocycles. The fourth-order valence-corrected chi connectivity index (χ4v) is 3.38. The van der Waals surface area contributed by atoms with Crippen molar-refractivity contribution in [1.29, 1.82) is 0 Å². The van der Waals surface area contributed by atoms with Gasteiger partial charge in [0, 0.05) is 29.9 Å². The summed E-state index contributed by atoms with van der Waals surface area (Å²) in [5.74, 6) is 0.745. The number of hydrogen-bond acceptors (Lipinski definition) is 5. The normalized spacial score (nSPS) is 18.2. The lowest BCUT2D eigenvalue weighted by Crippen LogP contribution is -2.47. The first-order chi connectivity index (χ1) is 11.8. The number of piperidine rings is 1. The fourth-order valence-electron chi connectivity index (χ4n) is 2.96. The van der Waals surface area contributed by atoms with Crippen molar-refractivity contribution in [3.63, 3.8) is 0 Å². The Bertz CT molecular complexity index is 775. The molecule has 134 valence electrons. The largest absolute Gasteiger partial charge is 0.444 e. The summed E-state index contributed by atoms with van der Waals surface area (Å²) >= 11 is 3.44. The third kappa shape index (κ3) is 4.39. The van der Waals surface area contributed by atoms with Gasteiger partial charge in [-0.1, -0.05) is 24.3 Å². The molecule has 0 bridgehead atoms. The number of likely N-dealkylation sites (tertiary alicyclic amines) is 1. The molecule has 1 N–H and O–H groups in total. The van der Waals surface area contributed by atoms with E-state index in [0.717, 1.165) is 40.6 Å². The van der Waals surface area contributed by atoms with E-state index in [1.54, 1.807) is 4.90 Å². The highest BCUT2D eigenvalue weighted by atomic mass is 79.9. The quantitative estimate of drug-likeness (QED) is 0.808. The van der Waals surface area contributed by atoms with Gasteiger partial charge in [0.1, 0.15) is 10.2 Å². The van der Waals surface area contributed by atoms with Crippen LogP contribution in [0, 0.1) is 0 Å². The number of carbonyl (C=O) groups excluding carboxylic acids is 1. The van der Waals surface area contributed by atoms with Gasteiger partial charge < -0.3 is 15.0 Å². The zero-order chi connectivity index (χ0) is 18.0. The van der Waals surface area contributed by atoms with Gasteiger partial charge in [-0.25, -0.2) is 4.79 Å². The van der Waals surface area contributed by atoms with Crippen LogP contribution in [0.3, 0.4) is 0 Å². The topological polar surface area (TPSA) is 67.3 Å². The Kier molecular flexibility index (Phi) is 5.13. The van der Waals surface area contributed by atoms with E-state index in [-0.39, 0.29) is 12.1 Å². The summed E-state index contributed by atoms with van der Waals surface area (Å²) in [5.41, 5.74) is -0.481. The number of fused-ring (bicyclic) bond motifs is 1. The van der Waals surface area contributed by atoms with Crippen LogP contribution in [0.5, 0.6) is 0 Å². The number of anilines is 1. The molecule has 7 heteroatoms. The van der Waals surface area contributed by atoms with Crippen LogP contribution in [-0.4, -0.2) is 45.9 Å². The van der Waals surface area contributed by atoms with E-state index in [9.17, 15) is 4.79 Å². The van der Waals surface area contributed by atoms with E-state index in [4.69, 9.17) is 4.74 Å². The molecule has 1 aromatic carbocycles. The third-order valence-corrected chi connectivity index (χ3v) is 4.64. The molecule has 2 heterocycles. The summed E-state index contributed by atoms with van der Waals surface area (Å²) in [5, 5.41) is 13.9. The highest BCUT2D eigenvalue weighted by Gasteiger charge is 2.28. The number of carbonyl (C=O) groups is 1. The lowest BCUT2D eigenvalue weighted by atomic mass is 10.1. The predicted octanol–water partition coefficient (Wildman–Crippen LogP) is 4.20. The van der Waals surface area contributed by atoms with Crippen molar-refractivity contribution in [2.75, 3.05) is 18.4 Å². The number of rotatable bonds is 2. The molecule has 0 saturated carbocycles. The molecule has 1 fully saturated rings. The van der Waals surface area contributed by atoms with E-state index in [2.05, 4.69) is 31.4 Å². The van der Waals surface area contributed by atoms with Gasteiger partial charge in [-0.05, 0) is 49.5 Å². The molecule has 25 heavy (non-hydrogen) atoms. The van der Waals surface area contributed by atoms with Crippen LogP contribution >= 0.6 is 15.9 Å². The molecule has 0 unspecified atom stereocenters. The van der Waals surface area contributed by atoms with Gasteiger partial charge in [0.15, 0.2) is 5.82 Å². The minimum Gasteiger partial charge on any atom is -0.444 e. The van der Waals surface area contributed by atoms with Crippen LogP contribution in [0.25, 0.3) is 10.8 Å². The van der Waals surface area contributed by atoms with Crippen LogP contribution in [-0.2, 0) is 4.74 Å². The molecule has 0 radical (unpaired) electrons. The number of amides is 1. The summed E-state index contributed by atoms with van der Waals surface area (Å²) in [4.78, 5) is 14.1. The zero-order valence-electron chi connectivity index (χ0n) is 14.8. The maximum absolute atomic E-state index is 12.3. The summed E-state index contributed by atoms with van der Waals surface area (Å²) in [6, 6.07) is 8.11. The molecule has 2 aromatic rings. The van der Waals surface area contributed by atoms with Gasteiger partial charge in [-0.3, -0.25) is 0 Å². The van der Waals surface area contributed by atoms with E-state index in [1.165, 1.54) is 0 Å². The monoisotopic (exact) mass is 406 g/mol. The highest BCUT2D eigenvalue weighted by Crippen LogP contribution is 2.27. The number of nitrogens with one attached hydrogen (secondary N) is 1. The van der Waals surface area contributed by atoms with Crippen molar-refractivity contribution in [3.8, 4) is 0 Å². The maximum atomic E-state index is 12.3. The minimum absolute atomic E-state index is 0.125. The molecule has 1 aliphatic heterocycles. The number of nitrogens with zero attached hydrogens (tertiary/aromatic N) is 3. The minimum atomic E-state index is -0.481. The van der Waals surface area contributed by atoms with Crippen molar-refractivity contribution >= 4 is 38.6 Å². The van der Waals surface area contributed by atoms with E-state index in [1.807, 2.05) is 45.0 Å². The summed E-state index contributed by atoms with van der Waals surface area (Å²) in [7, 11) is 0. The van der Waals surface area contributed by atoms with Gasteiger partial charge >= 0.3 is 6.09 Å². The van der Waals surface area contributed by atoms with Crippen molar-refractivity contribution in [2.24, 2.45) is 0 Å². The number of halogens is 1. The molecule has 1 atom stereocenters. The third-order valence-electron chi connectivity index (χ3n) is 4.06. The van der Waals surface area contributed by atoms with Crippen LogP contribution in [0.15, 0.2) is 28.9 Å². The fraction of sp³-hybridized carbons (Fsp3) is 0.500. The lowest BCUT2D eigenvalue weighted by molar-refractivity contribution is 0.0206. The molecule has 1 amide bonds. The molecule has 3 rings (SSSR count). The second kappa shape index (κ2) is 7.15. The van der Waals surface area contributed by atoms with Crippen molar-refractivity contribution in [3.05, 3.63) is 28.9 Å². The first kappa shape index (κ1) is 17.9. The molecular formula is C18H23BrN4O2. The smallest absolute Gasteiger partial charge is 0.410 e. The summed E-state index contributed by atoms with van der Waals surface area (Å²) in [6.07, 6.45) is 1.65. The van der Waals surface area contributed by atoms with E-state index in [0.29, 0.717) is 6.54 Å². The number of benzene rings is 1. The predicted molar refractivity (Wildman–Crippen MR) is 102 cm³/mol. The van der Waals surface area contributed by atoms with Crippen LogP contribution in [0.4, 0.5) is 10.6 Å². The average molecular weight is 407 g/mol. The molecule has 0 spiro atoms. The number of ether oxygens (including phenoxy) is 1. The second-order valence-electron chi connectivity index (χ2n) is 7.29. The van der Waals surface area contributed by atoms with Gasteiger partial charge in [-0.15, -0.1) is 10.2 Å². The van der Waals surface area contributed by atoms with Crippen LogP contribution in [0.2, 0.25) is 0 Å². The van der Waals surface area contributed by atoms with E-state index >= 15 is 0 Å². The first-order valence-corrected chi connectivity index (χ1v) is 9.28. The summed E-state index contributed by atoms with van der Waals surface area (Å²) in [6.45, 7) is 6.97. The van der Waals surface area contributed by atoms with Gasteiger partial charge in [0.25, 0.3) is 0 Å². The Labute approximate surface area is 156 Å². The van der Waals surface area contributed by atoms with E-state index < -0.39 is 5.60 Å². The number of hydrogen-bond donors (Lipinski definition) is 1. The van der Waals surface area contributed by atoms with Gasteiger partial charge in [0.2, 0.25) is 0 Å². The Balaban J connectivity index is 1.73. The zero-order valence-corrected chi connectivity index (χ0v) is 16.3. The average Bonchev–Trinajstić information content (AvgIpc) is 2.56. The maximum Gasteiger partial charge on any atom is 0.410 e. The molecule has 1 aromatic heterocycles. The van der Waals surface area contributed by atoms with Crippen LogP contribution < -0.4 is 5.32 Å². The Hall–Kier alpha value is -1.89. The Morgan fingerprint density at radius 1 is 1.28 bits per heavy atom. The van der Waals surface area contributed by atoms with Crippen molar-refractivity contribution in [2.45, 2.75) is 45.3 Å². The van der Waals surface area contributed by atoms with Crippen molar-refractivity contribution in [1.82, 2.24) is 15.1 Å². The standard InChI is InChI=1S/C18H23BrN4O2/c1-18(2,3)25-17(24)23-10-6-7-12(11-23)20-16-14-9-5-4-8-13(14)15(19)21-22-16/h4-5,8-9,12H,6-7,10-11H2,1-3H3,(H,20,22)/t12-/m1/s1. The Morgan fingerprint density at radius 3 is 2.72 bits per heavy atom. The van der Waals surface area contributed by atoms with Crippen LogP contribution in [0.1, 0.15) is 33.6 Å². The van der Waals surface area contributed by atoms with Gasteiger partial charge in [0.05, 0.1) is 0 Å². The Morgan fingerprint density at radius 2 is 2.00 bits per heavy atom. The number of aromatic nitrogens is 2.